The molecular weight excluding hydrogens is 484 g/mol. The van der Waals surface area contributed by atoms with Crippen molar-refractivity contribution in [3.8, 4) is 17.2 Å². The van der Waals surface area contributed by atoms with Gasteiger partial charge in [-0.05, 0) is 36.1 Å². The Balaban J connectivity index is 1.78. The van der Waals surface area contributed by atoms with Gasteiger partial charge in [0.05, 0.1) is 32.4 Å². The monoisotopic (exact) mass is 524 g/mol. The second kappa shape index (κ2) is 13.2. The maximum Gasteiger partial charge on any atom is 0.251 e. The summed E-state index contributed by atoms with van der Waals surface area (Å²) < 4.78 is 18.0. The highest BCUT2D eigenvalue weighted by atomic mass is 16.5. The number of imidazole rings is 1. The van der Waals surface area contributed by atoms with Gasteiger partial charge in [-0.25, -0.2) is 4.98 Å². The average molecular weight is 525 g/mol. The molecule has 0 saturated carbocycles. The molecule has 0 spiro atoms. The van der Waals surface area contributed by atoms with Gasteiger partial charge in [0.15, 0.2) is 11.5 Å². The SMILES string of the molecule is COc1cc(C(=O)NCCc2nc3ccccc3n2CC(=O)N(CC(C)C)CC(C)C)cc(OC)c1OC. The number of rotatable bonds is 13. The van der Waals surface area contributed by atoms with Gasteiger partial charge in [0.2, 0.25) is 11.7 Å². The van der Waals surface area contributed by atoms with Crippen LogP contribution < -0.4 is 19.5 Å². The maximum atomic E-state index is 13.4. The Morgan fingerprint density at radius 1 is 0.947 bits per heavy atom. The van der Waals surface area contributed by atoms with Gasteiger partial charge in [-0.15, -0.1) is 0 Å². The number of carbonyl (C=O) groups is 2. The van der Waals surface area contributed by atoms with Gasteiger partial charge in [-0.1, -0.05) is 39.8 Å². The van der Waals surface area contributed by atoms with E-state index in [1.807, 2.05) is 33.7 Å². The Kier molecular flexibility index (Phi) is 9.98. The number of nitrogens with one attached hydrogen (secondary N) is 1. The molecule has 0 bridgehead atoms. The van der Waals surface area contributed by atoms with Crippen LogP contribution in [0.1, 0.15) is 43.9 Å². The zero-order chi connectivity index (χ0) is 27.8. The van der Waals surface area contributed by atoms with Crippen LogP contribution in [0.5, 0.6) is 17.2 Å². The van der Waals surface area contributed by atoms with Gasteiger partial charge in [-0.2, -0.15) is 0 Å². The number of amides is 2. The first-order valence-corrected chi connectivity index (χ1v) is 13.0. The largest absolute Gasteiger partial charge is 0.493 e. The molecule has 1 aromatic heterocycles. The van der Waals surface area contributed by atoms with Crippen LogP contribution in [0.15, 0.2) is 36.4 Å². The summed E-state index contributed by atoms with van der Waals surface area (Å²) in [7, 11) is 4.53. The van der Waals surface area contributed by atoms with E-state index in [4.69, 9.17) is 19.2 Å². The fraction of sp³-hybridized carbons (Fsp3) is 0.483. The number of ether oxygens (including phenoxy) is 3. The molecule has 206 valence electrons. The van der Waals surface area contributed by atoms with Crippen LogP contribution in [-0.2, 0) is 17.8 Å². The number of nitrogens with zero attached hydrogens (tertiary/aromatic N) is 3. The Morgan fingerprint density at radius 2 is 1.55 bits per heavy atom. The Labute approximate surface area is 225 Å². The second-order valence-electron chi connectivity index (χ2n) is 10.1. The summed E-state index contributed by atoms with van der Waals surface area (Å²) in [6, 6.07) is 11.0. The zero-order valence-corrected chi connectivity index (χ0v) is 23.5. The van der Waals surface area contributed by atoms with Crippen molar-refractivity contribution in [3.05, 3.63) is 47.8 Å². The number of aromatic nitrogens is 2. The van der Waals surface area contributed by atoms with E-state index in [0.29, 0.717) is 60.7 Å². The molecule has 1 N–H and O–H groups in total. The van der Waals surface area contributed by atoms with Crippen LogP contribution in [-0.4, -0.2) is 67.2 Å². The molecule has 0 aliphatic heterocycles. The first kappa shape index (κ1) is 28.8. The summed E-state index contributed by atoms with van der Waals surface area (Å²) in [5, 5.41) is 2.95. The highest BCUT2D eigenvalue weighted by Gasteiger charge is 2.21. The van der Waals surface area contributed by atoms with E-state index in [9.17, 15) is 9.59 Å². The lowest BCUT2D eigenvalue weighted by Gasteiger charge is -2.27. The third kappa shape index (κ3) is 6.96. The van der Waals surface area contributed by atoms with Crippen LogP contribution in [0, 0.1) is 11.8 Å². The Hall–Kier alpha value is -3.75. The molecule has 9 nitrogen and oxygen atoms in total. The third-order valence-electron chi connectivity index (χ3n) is 6.11. The number of para-hydroxylation sites is 2. The number of hydrogen-bond donors (Lipinski definition) is 1. The highest BCUT2D eigenvalue weighted by molar-refractivity contribution is 5.95. The molecule has 0 saturated heterocycles. The van der Waals surface area contributed by atoms with Crippen molar-refractivity contribution in [2.24, 2.45) is 11.8 Å². The molecule has 2 amide bonds. The quantitative estimate of drug-likeness (QED) is 0.361. The normalized spacial score (nSPS) is 11.2. The minimum Gasteiger partial charge on any atom is -0.493 e. The van der Waals surface area contributed by atoms with Crippen molar-refractivity contribution >= 4 is 22.8 Å². The second-order valence-corrected chi connectivity index (χ2v) is 10.1. The predicted octanol–water partition coefficient (Wildman–Crippen LogP) is 4.18. The number of benzene rings is 2. The zero-order valence-electron chi connectivity index (χ0n) is 23.5. The van der Waals surface area contributed by atoms with E-state index < -0.39 is 0 Å². The molecule has 3 aromatic rings. The van der Waals surface area contributed by atoms with Gasteiger partial charge < -0.3 is 29.0 Å². The van der Waals surface area contributed by atoms with Crippen LogP contribution in [0.4, 0.5) is 0 Å². The minimum atomic E-state index is -0.275. The van der Waals surface area contributed by atoms with E-state index in [0.717, 1.165) is 16.9 Å². The van der Waals surface area contributed by atoms with Crippen LogP contribution in [0.3, 0.4) is 0 Å². The number of fused-ring (bicyclic) bond motifs is 1. The van der Waals surface area contributed by atoms with Crippen molar-refractivity contribution < 1.29 is 23.8 Å². The van der Waals surface area contributed by atoms with Crippen molar-refractivity contribution in [1.82, 2.24) is 19.8 Å². The van der Waals surface area contributed by atoms with Gasteiger partial charge in [-0.3, -0.25) is 9.59 Å². The molecule has 2 aromatic carbocycles. The summed E-state index contributed by atoms with van der Waals surface area (Å²) in [5.41, 5.74) is 2.12. The van der Waals surface area contributed by atoms with Crippen LogP contribution in [0.25, 0.3) is 11.0 Å². The van der Waals surface area contributed by atoms with E-state index in [-0.39, 0.29) is 18.4 Å². The lowest BCUT2D eigenvalue weighted by atomic mass is 10.1. The lowest BCUT2D eigenvalue weighted by Crippen LogP contribution is -2.39. The van der Waals surface area contributed by atoms with E-state index in [1.165, 1.54) is 21.3 Å². The number of carbonyl (C=O) groups excluding carboxylic acids is 2. The Morgan fingerprint density at radius 3 is 2.11 bits per heavy atom. The molecule has 3 rings (SSSR count). The van der Waals surface area contributed by atoms with Crippen LogP contribution in [0.2, 0.25) is 0 Å². The molecule has 0 fully saturated rings. The van der Waals surface area contributed by atoms with Gasteiger partial charge in [0, 0.05) is 31.6 Å². The van der Waals surface area contributed by atoms with Gasteiger partial charge >= 0.3 is 0 Å². The third-order valence-corrected chi connectivity index (χ3v) is 6.11. The van der Waals surface area contributed by atoms with Crippen molar-refractivity contribution in [1.29, 1.82) is 0 Å². The number of methoxy groups -OCH3 is 3. The van der Waals surface area contributed by atoms with Gasteiger partial charge in [0.1, 0.15) is 12.4 Å². The smallest absolute Gasteiger partial charge is 0.251 e. The molecule has 1 heterocycles. The molecule has 0 aliphatic rings. The summed E-state index contributed by atoms with van der Waals surface area (Å²) in [4.78, 5) is 33.1. The first-order chi connectivity index (χ1) is 18.2. The van der Waals surface area contributed by atoms with E-state index in [1.54, 1.807) is 12.1 Å². The highest BCUT2D eigenvalue weighted by Crippen LogP contribution is 2.38. The molecule has 0 aliphatic carbocycles. The lowest BCUT2D eigenvalue weighted by molar-refractivity contribution is -0.132. The molecular formula is C29H40N4O5. The summed E-state index contributed by atoms with van der Waals surface area (Å²) >= 11 is 0. The fourth-order valence-electron chi connectivity index (χ4n) is 4.49. The van der Waals surface area contributed by atoms with Crippen molar-refractivity contribution in [2.45, 2.75) is 40.7 Å². The molecule has 0 unspecified atom stereocenters. The average Bonchev–Trinajstić information content (AvgIpc) is 3.23. The molecule has 0 atom stereocenters. The standard InChI is InChI=1S/C29H40N4O5/c1-19(2)16-32(17-20(3)4)27(34)18-33-23-11-9-8-10-22(23)31-26(33)12-13-30-29(35)21-14-24(36-5)28(38-7)25(15-21)37-6/h8-11,14-15,19-20H,12-13,16-18H2,1-7H3,(H,30,35). The Bertz CT molecular complexity index is 1220. The minimum absolute atomic E-state index is 0.0678. The fourth-order valence-corrected chi connectivity index (χ4v) is 4.49. The topological polar surface area (TPSA) is 94.9 Å². The van der Waals surface area contributed by atoms with Crippen molar-refractivity contribution in [2.75, 3.05) is 41.0 Å². The summed E-state index contributed by atoms with van der Waals surface area (Å²) in [5.74, 6) is 2.53. The summed E-state index contributed by atoms with van der Waals surface area (Å²) in [6.07, 6.45) is 0.465. The molecule has 38 heavy (non-hydrogen) atoms. The number of hydrogen-bond acceptors (Lipinski definition) is 6. The predicted molar refractivity (Wildman–Crippen MR) is 148 cm³/mol. The molecule has 0 radical (unpaired) electrons. The molecule has 9 heteroatoms. The maximum absolute atomic E-state index is 13.4. The first-order valence-electron chi connectivity index (χ1n) is 13.0. The summed E-state index contributed by atoms with van der Waals surface area (Å²) in [6.45, 7) is 10.5. The van der Waals surface area contributed by atoms with E-state index in [2.05, 4.69) is 33.0 Å². The van der Waals surface area contributed by atoms with Crippen LogP contribution >= 0.6 is 0 Å². The van der Waals surface area contributed by atoms with Crippen molar-refractivity contribution in [3.63, 3.8) is 0 Å². The van der Waals surface area contributed by atoms with Gasteiger partial charge in [0.25, 0.3) is 5.91 Å². The van der Waals surface area contributed by atoms with E-state index >= 15 is 0 Å².